The summed E-state index contributed by atoms with van der Waals surface area (Å²) in [5.74, 6) is -0.468. The first-order valence-electron chi connectivity index (χ1n) is 7.21. The van der Waals surface area contributed by atoms with Gasteiger partial charge in [0.1, 0.15) is 11.5 Å². The average Bonchev–Trinajstić information content (AvgIpc) is 3.24. The van der Waals surface area contributed by atoms with Crippen molar-refractivity contribution in [1.82, 2.24) is 0 Å². The molecule has 1 aliphatic rings. The first-order chi connectivity index (χ1) is 11.1. The Bertz CT molecular complexity index is 735. The molecule has 0 fully saturated rings. The van der Waals surface area contributed by atoms with E-state index in [1.807, 2.05) is 54.6 Å². The maximum atomic E-state index is 11.9. The van der Waals surface area contributed by atoms with Gasteiger partial charge in [-0.05, 0) is 30.2 Å². The number of rotatable bonds is 2. The molecule has 0 bridgehead atoms. The number of allylic oxidation sites excluding steroid dienone is 7. The van der Waals surface area contributed by atoms with Gasteiger partial charge in [-0.3, -0.25) is 0 Å². The third-order valence-corrected chi connectivity index (χ3v) is 3.25. The number of phenols is 2. The molecular weight excluding hydrogens is 344 g/mol. The minimum absolute atomic E-state index is 0. The Morgan fingerprint density at radius 2 is 1.67 bits per heavy atom. The van der Waals surface area contributed by atoms with Crippen LogP contribution in [0.25, 0.3) is 5.76 Å². The van der Waals surface area contributed by atoms with E-state index in [-0.39, 0.29) is 39.9 Å². The molecule has 0 radical (unpaired) electrons. The van der Waals surface area contributed by atoms with Crippen LogP contribution in [-0.4, -0.2) is 10.2 Å². The molecule has 3 rings (SSSR count). The second-order valence-electron chi connectivity index (χ2n) is 5.03. The SMILES string of the molecule is Cc1cc(O)c(C([O-])=CC=C2C=CC=C2)cc1O.[Fe+2].c1cc[cH-]c1. The largest absolute Gasteiger partial charge is 2.00 e. The minimum Gasteiger partial charge on any atom is -0.872 e. The number of hydrogen-bond acceptors (Lipinski definition) is 3. The van der Waals surface area contributed by atoms with Crippen LogP contribution >= 0.6 is 0 Å². The topological polar surface area (TPSA) is 63.5 Å². The Morgan fingerprint density at radius 3 is 2.21 bits per heavy atom. The number of hydrogen-bond donors (Lipinski definition) is 2. The Morgan fingerprint density at radius 1 is 1.04 bits per heavy atom. The number of aromatic hydroxyl groups is 2. The predicted molar refractivity (Wildman–Crippen MR) is 90.9 cm³/mol. The molecular formula is C20H18FeO3. The zero-order valence-corrected chi connectivity index (χ0v) is 14.3. The summed E-state index contributed by atoms with van der Waals surface area (Å²) < 4.78 is 0. The van der Waals surface area contributed by atoms with Gasteiger partial charge in [0.05, 0.1) is 0 Å². The van der Waals surface area contributed by atoms with E-state index in [9.17, 15) is 15.3 Å². The van der Waals surface area contributed by atoms with E-state index in [2.05, 4.69) is 0 Å². The van der Waals surface area contributed by atoms with Gasteiger partial charge in [0.15, 0.2) is 0 Å². The summed E-state index contributed by atoms with van der Waals surface area (Å²) in [6.45, 7) is 1.66. The van der Waals surface area contributed by atoms with Gasteiger partial charge in [0.25, 0.3) is 0 Å². The maximum Gasteiger partial charge on any atom is 2.00 e. The molecule has 0 heterocycles. The Balaban J connectivity index is 0.000000412. The smallest absolute Gasteiger partial charge is 0.872 e. The quantitative estimate of drug-likeness (QED) is 0.372. The van der Waals surface area contributed by atoms with Gasteiger partial charge < -0.3 is 15.3 Å². The molecule has 0 aliphatic heterocycles. The second-order valence-corrected chi connectivity index (χ2v) is 5.03. The number of phenolic OH excluding ortho intramolecular Hbond substituents is 2. The fourth-order valence-electron chi connectivity index (χ4n) is 1.96. The van der Waals surface area contributed by atoms with Crippen LogP contribution in [0.1, 0.15) is 11.1 Å². The molecule has 0 unspecified atom stereocenters. The third-order valence-electron chi connectivity index (χ3n) is 3.25. The molecule has 0 saturated heterocycles. The van der Waals surface area contributed by atoms with Crippen LogP contribution in [0.2, 0.25) is 0 Å². The van der Waals surface area contributed by atoms with Crippen molar-refractivity contribution in [1.29, 1.82) is 0 Å². The van der Waals surface area contributed by atoms with E-state index in [4.69, 9.17) is 0 Å². The fraction of sp³-hybridized carbons (Fsp3) is 0.0500. The van der Waals surface area contributed by atoms with E-state index in [1.54, 1.807) is 13.0 Å². The van der Waals surface area contributed by atoms with Gasteiger partial charge in [0, 0.05) is 5.56 Å². The van der Waals surface area contributed by atoms with Crippen molar-refractivity contribution in [3.05, 3.63) is 95.6 Å². The summed E-state index contributed by atoms with van der Waals surface area (Å²) in [7, 11) is 0. The molecule has 0 atom stereocenters. The normalized spacial score (nSPS) is 12.4. The van der Waals surface area contributed by atoms with E-state index < -0.39 is 0 Å². The molecule has 1 aliphatic carbocycles. The summed E-state index contributed by atoms with van der Waals surface area (Å²) in [6.07, 6.45) is 10.5. The molecule has 2 aromatic rings. The van der Waals surface area contributed by atoms with Gasteiger partial charge in [0.2, 0.25) is 0 Å². The van der Waals surface area contributed by atoms with Crippen molar-refractivity contribution >= 4 is 5.76 Å². The minimum atomic E-state index is -0.344. The van der Waals surface area contributed by atoms with Crippen LogP contribution in [0.15, 0.2) is 84.5 Å². The van der Waals surface area contributed by atoms with Crippen molar-refractivity contribution in [2.24, 2.45) is 0 Å². The summed E-state index contributed by atoms with van der Waals surface area (Å²) >= 11 is 0. The first-order valence-corrected chi connectivity index (χ1v) is 7.21. The van der Waals surface area contributed by atoms with Crippen LogP contribution < -0.4 is 5.11 Å². The van der Waals surface area contributed by atoms with Crippen molar-refractivity contribution in [3.8, 4) is 11.5 Å². The van der Waals surface area contributed by atoms with Gasteiger partial charge in [-0.15, -0.1) is 0 Å². The number of benzene rings is 1. The van der Waals surface area contributed by atoms with Gasteiger partial charge in [-0.2, -0.15) is 18.2 Å². The van der Waals surface area contributed by atoms with Crippen LogP contribution in [0, 0.1) is 6.92 Å². The van der Waals surface area contributed by atoms with Gasteiger partial charge in [-0.1, -0.05) is 42.2 Å². The maximum absolute atomic E-state index is 11.9. The second kappa shape index (κ2) is 9.56. The van der Waals surface area contributed by atoms with Crippen molar-refractivity contribution in [2.75, 3.05) is 0 Å². The Kier molecular flexibility index (Phi) is 7.76. The molecule has 2 aromatic carbocycles. The van der Waals surface area contributed by atoms with Crippen LogP contribution in [0.5, 0.6) is 11.5 Å². The molecule has 3 nitrogen and oxygen atoms in total. The van der Waals surface area contributed by atoms with E-state index in [0.29, 0.717) is 5.56 Å². The monoisotopic (exact) mass is 362 g/mol. The predicted octanol–water partition coefficient (Wildman–Crippen LogP) is 3.56. The van der Waals surface area contributed by atoms with Crippen molar-refractivity contribution in [3.63, 3.8) is 0 Å². The Hall–Kier alpha value is -2.55. The molecule has 124 valence electrons. The molecule has 0 amide bonds. The number of aryl methyl sites for hydroxylation is 1. The summed E-state index contributed by atoms with van der Waals surface area (Å²) in [6, 6.07) is 12.7. The fourth-order valence-corrected chi connectivity index (χ4v) is 1.96. The molecule has 24 heavy (non-hydrogen) atoms. The van der Waals surface area contributed by atoms with Crippen molar-refractivity contribution < 1.29 is 32.4 Å². The Labute approximate surface area is 152 Å². The van der Waals surface area contributed by atoms with Crippen molar-refractivity contribution in [2.45, 2.75) is 6.92 Å². The molecule has 2 N–H and O–H groups in total. The molecule has 0 spiro atoms. The van der Waals surface area contributed by atoms with E-state index >= 15 is 0 Å². The van der Waals surface area contributed by atoms with E-state index in [1.165, 1.54) is 18.2 Å². The molecule has 4 heteroatoms. The molecule has 0 aromatic heterocycles. The summed E-state index contributed by atoms with van der Waals surface area (Å²) in [5, 5.41) is 31.1. The molecule has 0 saturated carbocycles. The standard InChI is InChI=1S/C15H14O3.C5H5.Fe/c1-10-8-15(18)12(9-14(10)17)13(16)7-6-11-4-2-3-5-11;1-2-4-5-3-1;/h2-9,16-18H,1H3;1-5H;/q;-1;+2/p-1. The van der Waals surface area contributed by atoms with Crippen LogP contribution in [-0.2, 0) is 17.1 Å². The van der Waals surface area contributed by atoms with E-state index in [0.717, 1.165) is 5.57 Å². The summed E-state index contributed by atoms with van der Waals surface area (Å²) in [5.41, 5.74) is 1.55. The summed E-state index contributed by atoms with van der Waals surface area (Å²) in [4.78, 5) is 0. The zero-order valence-electron chi connectivity index (χ0n) is 13.2. The van der Waals surface area contributed by atoms with Gasteiger partial charge in [-0.25, -0.2) is 12.1 Å². The third kappa shape index (κ3) is 5.58. The van der Waals surface area contributed by atoms with Crippen LogP contribution in [0.4, 0.5) is 0 Å². The zero-order chi connectivity index (χ0) is 16.7. The average molecular weight is 362 g/mol. The van der Waals surface area contributed by atoms with Gasteiger partial charge >= 0.3 is 17.1 Å². The van der Waals surface area contributed by atoms with Crippen LogP contribution in [0.3, 0.4) is 0 Å². The first kappa shape index (κ1) is 19.5.